The van der Waals surface area contributed by atoms with Crippen molar-refractivity contribution in [2.75, 3.05) is 26.7 Å². The molecular weight excluding hydrogens is 260 g/mol. The molecule has 0 spiro atoms. The van der Waals surface area contributed by atoms with Crippen LogP contribution in [-0.4, -0.2) is 43.5 Å². The summed E-state index contributed by atoms with van der Waals surface area (Å²) in [5, 5.41) is 3.03. The van der Waals surface area contributed by atoms with Crippen LogP contribution in [0, 0.1) is 0 Å². The van der Waals surface area contributed by atoms with Crippen molar-refractivity contribution in [3.8, 4) is 0 Å². The summed E-state index contributed by atoms with van der Waals surface area (Å²) in [5.41, 5.74) is 0.381. The molecule has 0 bridgehead atoms. The third kappa shape index (κ3) is 3.84. The fourth-order valence-electron chi connectivity index (χ4n) is 2.25. The van der Waals surface area contributed by atoms with Crippen LogP contribution in [0.3, 0.4) is 0 Å². The minimum absolute atomic E-state index is 0.115. The Hall–Kier alpha value is -1.82. The maximum Gasteiger partial charge on any atom is 0.341 e. The molecule has 0 unspecified atom stereocenters. The van der Waals surface area contributed by atoms with Gasteiger partial charge in [-0.25, -0.2) is 4.79 Å². The van der Waals surface area contributed by atoms with Crippen LogP contribution in [0.15, 0.2) is 16.7 Å². The lowest BCUT2D eigenvalue weighted by Crippen LogP contribution is -2.40. The number of piperidine rings is 1. The van der Waals surface area contributed by atoms with E-state index in [1.165, 1.54) is 19.8 Å². The quantitative estimate of drug-likeness (QED) is 0.820. The van der Waals surface area contributed by atoms with Crippen LogP contribution in [0.1, 0.15) is 35.4 Å². The van der Waals surface area contributed by atoms with Crippen molar-refractivity contribution in [2.45, 2.75) is 25.8 Å². The lowest BCUT2D eigenvalue weighted by molar-refractivity contribution is -0.131. The standard InChI is InChI=1S/C14H20N2O4/c1-19-14(18)11-7-12(20-10-11)8-15-9-13(17)16-5-3-2-4-6-16/h7,10,15H,2-6,8-9H2,1H3. The summed E-state index contributed by atoms with van der Waals surface area (Å²) in [6.07, 6.45) is 4.74. The van der Waals surface area contributed by atoms with E-state index in [-0.39, 0.29) is 12.5 Å². The lowest BCUT2D eigenvalue weighted by Gasteiger charge is -2.26. The normalized spacial score (nSPS) is 15.2. The Morgan fingerprint density at radius 2 is 2.10 bits per heavy atom. The van der Waals surface area contributed by atoms with Gasteiger partial charge in [-0.05, 0) is 25.3 Å². The molecule has 2 heterocycles. The van der Waals surface area contributed by atoms with Crippen molar-refractivity contribution < 1.29 is 18.7 Å². The summed E-state index contributed by atoms with van der Waals surface area (Å²) in [5.74, 6) is 0.297. The Balaban J connectivity index is 1.73. The Bertz CT molecular complexity index is 463. The number of likely N-dealkylation sites (tertiary alicyclic amines) is 1. The second kappa shape index (κ2) is 7.09. The number of hydrogen-bond donors (Lipinski definition) is 1. The van der Waals surface area contributed by atoms with Gasteiger partial charge in [-0.1, -0.05) is 0 Å². The number of methoxy groups -OCH3 is 1. The van der Waals surface area contributed by atoms with Gasteiger partial charge in [0.05, 0.1) is 25.8 Å². The fraction of sp³-hybridized carbons (Fsp3) is 0.571. The van der Waals surface area contributed by atoms with Gasteiger partial charge in [-0.3, -0.25) is 4.79 Å². The van der Waals surface area contributed by atoms with Crippen LogP contribution in [0.2, 0.25) is 0 Å². The molecule has 0 radical (unpaired) electrons. The van der Waals surface area contributed by atoms with Gasteiger partial charge in [0.25, 0.3) is 0 Å². The Labute approximate surface area is 118 Å². The number of amides is 1. The van der Waals surface area contributed by atoms with Gasteiger partial charge in [-0.2, -0.15) is 0 Å². The number of hydrogen-bond acceptors (Lipinski definition) is 5. The molecule has 1 amide bonds. The fourth-order valence-corrected chi connectivity index (χ4v) is 2.25. The summed E-state index contributed by atoms with van der Waals surface area (Å²) in [6, 6.07) is 1.62. The summed E-state index contributed by atoms with van der Waals surface area (Å²) in [4.78, 5) is 25.0. The maximum absolute atomic E-state index is 11.9. The number of carbonyl (C=O) groups is 2. The van der Waals surface area contributed by atoms with Crippen LogP contribution in [-0.2, 0) is 16.1 Å². The van der Waals surface area contributed by atoms with Gasteiger partial charge < -0.3 is 19.4 Å². The van der Waals surface area contributed by atoms with Crippen molar-refractivity contribution >= 4 is 11.9 Å². The number of furan rings is 1. The van der Waals surface area contributed by atoms with E-state index in [0.29, 0.717) is 17.9 Å². The van der Waals surface area contributed by atoms with Crippen LogP contribution < -0.4 is 5.32 Å². The summed E-state index contributed by atoms with van der Waals surface area (Å²) >= 11 is 0. The minimum Gasteiger partial charge on any atom is -0.467 e. The number of rotatable bonds is 5. The SMILES string of the molecule is COC(=O)c1coc(CNCC(=O)N2CCCCC2)c1. The van der Waals surface area contributed by atoms with Gasteiger partial charge in [0, 0.05) is 13.1 Å². The molecule has 1 fully saturated rings. The van der Waals surface area contributed by atoms with E-state index in [1.807, 2.05) is 4.90 Å². The number of carbonyl (C=O) groups excluding carboxylic acids is 2. The smallest absolute Gasteiger partial charge is 0.341 e. The molecule has 0 atom stereocenters. The molecule has 1 N–H and O–H groups in total. The summed E-state index contributed by atoms with van der Waals surface area (Å²) < 4.78 is 9.82. The van der Waals surface area contributed by atoms with E-state index in [1.54, 1.807) is 6.07 Å². The molecule has 0 aromatic carbocycles. The zero-order chi connectivity index (χ0) is 14.4. The third-order valence-corrected chi connectivity index (χ3v) is 3.36. The van der Waals surface area contributed by atoms with Gasteiger partial charge in [0.2, 0.25) is 5.91 Å². The average Bonchev–Trinajstić information content (AvgIpc) is 2.96. The van der Waals surface area contributed by atoms with Gasteiger partial charge in [0.15, 0.2) is 0 Å². The lowest BCUT2D eigenvalue weighted by atomic mass is 10.1. The molecule has 6 heteroatoms. The molecule has 2 rings (SSSR count). The molecule has 110 valence electrons. The molecule has 20 heavy (non-hydrogen) atoms. The molecule has 1 aliphatic rings. The van der Waals surface area contributed by atoms with Crippen molar-refractivity contribution in [1.82, 2.24) is 10.2 Å². The summed E-state index contributed by atoms with van der Waals surface area (Å²) in [6.45, 7) is 2.41. The second-order valence-electron chi connectivity index (χ2n) is 4.84. The first-order chi connectivity index (χ1) is 9.70. The first-order valence-corrected chi connectivity index (χ1v) is 6.85. The van der Waals surface area contributed by atoms with Crippen LogP contribution >= 0.6 is 0 Å². The average molecular weight is 280 g/mol. The molecule has 1 aliphatic heterocycles. The highest BCUT2D eigenvalue weighted by Crippen LogP contribution is 2.10. The van der Waals surface area contributed by atoms with E-state index < -0.39 is 5.97 Å². The Morgan fingerprint density at radius 1 is 1.35 bits per heavy atom. The van der Waals surface area contributed by atoms with Gasteiger partial charge in [0.1, 0.15) is 12.0 Å². The molecule has 6 nitrogen and oxygen atoms in total. The van der Waals surface area contributed by atoms with Gasteiger partial charge in [-0.15, -0.1) is 0 Å². The highest BCUT2D eigenvalue weighted by Gasteiger charge is 2.16. The monoisotopic (exact) mass is 280 g/mol. The maximum atomic E-state index is 11.9. The van der Waals surface area contributed by atoms with Crippen molar-refractivity contribution in [3.63, 3.8) is 0 Å². The Morgan fingerprint density at radius 3 is 2.80 bits per heavy atom. The highest BCUT2D eigenvalue weighted by molar-refractivity contribution is 5.88. The topological polar surface area (TPSA) is 71.8 Å². The molecule has 0 saturated carbocycles. The highest BCUT2D eigenvalue weighted by atomic mass is 16.5. The molecular formula is C14H20N2O4. The van der Waals surface area contributed by atoms with Crippen molar-refractivity contribution in [3.05, 3.63) is 23.7 Å². The first kappa shape index (κ1) is 14.6. The third-order valence-electron chi connectivity index (χ3n) is 3.36. The summed E-state index contributed by atoms with van der Waals surface area (Å²) in [7, 11) is 1.32. The van der Waals surface area contributed by atoms with Gasteiger partial charge >= 0.3 is 5.97 Å². The molecule has 1 aromatic rings. The largest absolute Gasteiger partial charge is 0.467 e. The number of ether oxygens (including phenoxy) is 1. The second-order valence-corrected chi connectivity index (χ2v) is 4.84. The Kier molecular flexibility index (Phi) is 5.17. The zero-order valence-corrected chi connectivity index (χ0v) is 11.7. The van der Waals surface area contributed by atoms with Crippen LogP contribution in [0.4, 0.5) is 0 Å². The van der Waals surface area contributed by atoms with E-state index >= 15 is 0 Å². The van der Waals surface area contributed by atoms with E-state index in [4.69, 9.17) is 4.42 Å². The van der Waals surface area contributed by atoms with E-state index in [0.717, 1.165) is 25.9 Å². The van der Waals surface area contributed by atoms with E-state index in [2.05, 4.69) is 10.1 Å². The molecule has 0 aliphatic carbocycles. The first-order valence-electron chi connectivity index (χ1n) is 6.85. The van der Waals surface area contributed by atoms with Crippen LogP contribution in [0.25, 0.3) is 0 Å². The predicted octanol–water partition coefficient (Wildman–Crippen LogP) is 1.17. The van der Waals surface area contributed by atoms with E-state index in [9.17, 15) is 9.59 Å². The van der Waals surface area contributed by atoms with Crippen molar-refractivity contribution in [1.29, 1.82) is 0 Å². The van der Waals surface area contributed by atoms with Crippen molar-refractivity contribution in [2.24, 2.45) is 0 Å². The number of nitrogens with one attached hydrogen (secondary N) is 1. The van der Waals surface area contributed by atoms with Crippen LogP contribution in [0.5, 0.6) is 0 Å². The zero-order valence-electron chi connectivity index (χ0n) is 11.7. The molecule has 1 saturated heterocycles. The number of nitrogens with zero attached hydrogens (tertiary/aromatic N) is 1. The predicted molar refractivity (Wildman–Crippen MR) is 72.2 cm³/mol. The molecule has 1 aromatic heterocycles. The minimum atomic E-state index is -0.426. The number of esters is 1.